The maximum atomic E-state index is 6.45. The van der Waals surface area contributed by atoms with Gasteiger partial charge in [0.25, 0.3) is 0 Å². The van der Waals surface area contributed by atoms with Crippen LogP contribution in [0.4, 0.5) is 0 Å². The first kappa shape index (κ1) is 13.1. The van der Waals surface area contributed by atoms with Gasteiger partial charge in [-0.05, 0) is 55.4 Å². The van der Waals surface area contributed by atoms with Gasteiger partial charge in [0, 0.05) is 18.3 Å². The Kier molecular flexibility index (Phi) is 3.59. The van der Waals surface area contributed by atoms with Crippen LogP contribution in [0.3, 0.4) is 0 Å². The third-order valence-corrected chi connectivity index (χ3v) is 5.91. The van der Waals surface area contributed by atoms with Crippen LogP contribution in [-0.4, -0.2) is 11.0 Å². The van der Waals surface area contributed by atoms with Gasteiger partial charge < -0.3 is 0 Å². The molecule has 1 heterocycles. The first-order valence-electron chi connectivity index (χ1n) is 6.79. The minimum atomic E-state index is 0.517. The number of nitrogens with zero attached hydrogens (tertiary/aromatic N) is 1. The molecule has 1 fully saturated rings. The molecule has 0 amide bonds. The summed E-state index contributed by atoms with van der Waals surface area (Å²) in [5.74, 6) is 2.03. The predicted octanol–water partition coefficient (Wildman–Crippen LogP) is 5.25. The summed E-state index contributed by atoms with van der Waals surface area (Å²) >= 11 is 19.0. The van der Waals surface area contributed by atoms with Crippen LogP contribution in [0.15, 0.2) is 21.3 Å². The fourth-order valence-electron chi connectivity index (χ4n) is 4.00. The lowest BCUT2D eigenvalue weighted by Crippen LogP contribution is -2.31. The average molecular weight is 307 g/mol. The molecule has 0 N–H and O–H groups in total. The van der Waals surface area contributed by atoms with E-state index in [0.29, 0.717) is 22.0 Å². The van der Waals surface area contributed by atoms with Crippen LogP contribution in [0, 0.1) is 17.8 Å². The molecule has 0 bridgehead atoms. The number of rotatable bonds is 0. The zero-order valence-corrected chi connectivity index (χ0v) is 12.8. The molecule has 3 aliphatic rings. The minimum Gasteiger partial charge on any atom is -0.273 e. The van der Waals surface area contributed by atoms with Crippen LogP contribution in [0.5, 0.6) is 0 Å². The molecule has 1 aliphatic heterocycles. The largest absolute Gasteiger partial charge is 0.273 e. The van der Waals surface area contributed by atoms with E-state index >= 15 is 0 Å². The summed E-state index contributed by atoms with van der Waals surface area (Å²) in [7, 11) is 0. The summed E-state index contributed by atoms with van der Waals surface area (Å²) in [4.78, 5) is 0. The maximum Gasteiger partial charge on any atom is 0.138 e. The van der Waals surface area contributed by atoms with E-state index in [4.69, 9.17) is 35.0 Å². The van der Waals surface area contributed by atoms with E-state index in [2.05, 4.69) is 6.92 Å². The lowest BCUT2D eigenvalue weighted by molar-refractivity contribution is 0.247. The highest BCUT2D eigenvalue weighted by Crippen LogP contribution is 2.50. The second-order valence-electron chi connectivity index (χ2n) is 5.95. The van der Waals surface area contributed by atoms with Gasteiger partial charge in [0.2, 0.25) is 0 Å². The molecule has 3 unspecified atom stereocenters. The molecule has 0 aromatic carbocycles. The Bertz CT molecular complexity index is 427. The van der Waals surface area contributed by atoms with Gasteiger partial charge in [0.15, 0.2) is 0 Å². The fraction of sp³-hybridized carbons (Fsp3) is 0.714. The zero-order valence-electron chi connectivity index (χ0n) is 10.6. The molecule has 0 radical (unpaired) electrons. The van der Waals surface area contributed by atoms with Gasteiger partial charge in [-0.1, -0.05) is 35.7 Å². The van der Waals surface area contributed by atoms with Crippen LogP contribution in [0.1, 0.15) is 39.0 Å². The number of halogens is 3. The number of hydrogen-bond acceptors (Lipinski definition) is 1. The monoisotopic (exact) mass is 305 g/mol. The molecule has 0 saturated heterocycles. The standard InChI is InChI=1S/C14H18Cl3N/c1-8-5-9-3-2-4-11-12(9)10(6-8)7-18(17)14(16)13(11)15/h8-10H,2-7H2,1H3. The molecule has 0 aromatic rings. The van der Waals surface area contributed by atoms with Crippen LogP contribution < -0.4 is 0 Å². The SMILES string of the molecule is CC1CC2CCCC3=C2C(C1)CN(Cl)C(Cl)=C3Cl. The lowest BCUT2D eigenvalue weighted by atomic mass is 9.66. The Morgan fingerprint density at radius 3 is 2.67 bits per heavy atom. The van der Waals surface area contributed by atoms with Gasteiger partial charge in [-0.3, -0.25) is 4.42 Å². The van der Waals surface area contributed by atoms with E-state index in [-0.39, 0.29) is 0 Å². The zero-order chi connectivity index (χ0) is 12.9. The molecule has 4 heteroatoms. The van der Waals surface area contributed by atoms with Gasteiger partial charge in [0.1, 0.15) is 5.16 Å². The van der Waals surface area contributed by atoms with Gasteiger partial charge in [-0.2, -0.15) is 0 Å². The maximum absolute atomic E-state index is 6.45. The molecule has 100 valence electrons. The normalized spacial score (nSPS) is 36.7. The first-order valence-corrected chi connectivity index (χ1v) is 7.89. The van der Waals surface area contributed by atoms with Crippen LogP contribution in [0.2, 0.25) is 0 Å². The van der Waals surface area contributed by atoms with Crippen molar-refractivity contribution in [3.63, 3.8) is 0 Å². The predicted molar refractivity (Wildman–Crippen MR) is 77.5 cm³/mol. The molecule has 18 heavy (non-hydrogen) atoms. The van der Waals surface area contributed by atoms with Crippen molar-refractivity contribution in [1.82, 2.24) is 4.42 Å². The van der Waals surface area contributed by atoms with Crippen molar-refractivity contribution in [2.75, 3.05) is 6.54 Å². The average Bonchev–Trinajstić information content (AvgIpc) is 2.42. The lowest BCUT2D eigenvalue weighted by Gasteiger charge is -2.40. The summed E-state index contributed by atoms with van der Waals surface area (Å²) in [6.07, 6.45) is 6.12. The van der Waals surface area contributed by atoms with Crippen molar-refractivity contribution in [3.8, 4) is 0 Å². The number of allylic oxidation sites excluding steroid dienone is 2. The summed E-state index contributed by atoms with van der Waals surface area (Å²) in [5.41, 5.74) is 2.88. The van der Waals surface area contributed by atoms with Crippen molar-refractivity contribution in [3.05, 3.63) is 21.3 Å². The highest BCUT2D eigenvalue weighted by Gasteiger charge is 2.39. The van der Waals surface area contributed by atoms with E-state index in [1.54, 1.807) is 9.99 Å². The molecule has 0 spiro atoms. The Balaban J connectivity index is 2.08. The molecule has 3 atom stereocenters. The van der Waals surface area contributed by atoms with E-state index in [9.17, 15) is 0 Å². The molecule has 0 aromatic heterocycles. The Morgan fingerprint density at radius 2 is 1.89 bits per heavy atom. The molecular formula is C14H18Cl3N. The molecular weight excluding hydrogens is 289 g/mol. The van der Waals surface area contributed by atoms with Crippen molar-refractivity contribution in [2.24, 2.45) is 17.8 Å². The van der Waals surface area contributed by atoms with Gasteiger partial charge in [-0.15, -0.1) is 0 Å². The van der Waals surface area contributed by atoms with Crippen LogP contribution in [0.25, 0.3) is 0 Å². The first-order chi connectivity index (χ1) is 8.58. The second kappa shape index (κ2) is 4.92. The quantitative estimate of drug-likeness (QED) is 0.437. The van der Waals surface area contributed by atoms with Crippen LogP contribution >= 0.6 is 35.0 Å². The Hall–Kier alpha value is 0.150. The smallest absolute Gasteiger partial charge is 0.138 e. The van der Waals surface area contributed by atoms with Crippen molar-refractivity contribution < 1.29 is 0 Å². The van der Waals surface area contributed by atoms with Crippen molar-refractivity contribution >= 4 is 35.0 Å². The number of hydrogen-bond donors (Lipinski definition) is 0. The highest BCUT2D eigenvalue weighted by molar-refractivity contribution is 6.42. The molecule has 3 rings (SSSR count). The summed E-state index contributed by atoms with van der Waals surface area (Å²) in [6, 6.07) is 0. The van der Waals surface area contributed by atoms with E-state index < -0.39 is 0 Å². The molecule has 2 aliphatic carbocycles. The topological polar surface area (TPSA) is 3.24 Å². The summed E-state index contributed by atoms with van der Waals surface area (Å²) in [6.45, 7) is 3.15. The Morgan fingerprint density at radius 1 is 1.17 bits per heavy atom. The van der Waals surface area contributed by atoms with Gasteiger partial charge >= 0.3 is 0 Å². The second-order valence-corrected chi connectivity index (χ2v) is 7.09. The third kappa shape index (κ3) is 2.09. The highest BCUT2D eigenvalue weighted by atomic mass is 35.5. The third-order valence-electron chi connectivity index (χ3n) is 4.62. The van der Waals surface area contributed by atoms with E-state index in [1.807, 2.05) is 0 Å². The fourth-order valence-corrected chi connectivity index (χ4v) is 4.79. The van der Waals surface area contributed by atoms with Gasteiger partial charge in [0.05, 0.1) is 5.03 Å². The molecule has 1 nitrogen and oxygen atoms in total. The van der Waals surface area contributed by atoms with Crippen molar-refractivity contribution in [2.45, 2.75) is 39.0 Å². The molecule has 1 saturated carbocycles. The van der Waals surface area contributed by atoms with Crippen molar-refractivity contribution in [1.29, 1.82) is 0 Å². The van der Waals surface area contributed by atoms with E-state index in [1.165, 1.54) is 31.3 Å². The summed E-state index contributed by atoms with van der Waals surface area (Å²) in [5, 5.41) is 1.21. The van der Waals surface area contributed by atoms with E-state index in [0.717, 1.165) is 18.9 Å². The minimum absolute atomic E-state index is 0.517. The summed E-state index contributed by atoms with van der Waals surface area (Å²) < 4.78 is 1.61. The Labute approximate surface area is 124 Å². The van der Waals surface area contributed by atoms with Gasteiger partial charge in [-0.25, -0.2) is 0 Å². The van der Waals surface area contributed by atoms with Crippen LogP contribution in [-0.2, 0) is 0 Å².